The first kappa shape index (κ1) is 22.6. The zero-order chi connectivity index (χ0) is 25.8. The molecule has 0 fully saturated rings. The summed E-state index contributed by atoms with van der Waals surface area (Å²) in [5.41, 5.74) is 7.95. The number of hydrogen-bond donors (Lipinski definition) is 0. The molecule has 184 valence electrons. The van der Waals surface area contributed by atoms with Gasteiger partial charge in [0, 0.05) is 10.2 Å². The molecule has 5 aromatic carbocycles. The molecule has 0 radical (unpaired) electrons. The lowest BCUT2D eigenvalue weighted by Gasteiger charge is -2.35. The summed E-state index contributed by atoms with van der Waals surface area (Å²) >= 11 is 0. The SMILES string of the molecule is C1=CC=C(C2(c3ccccc3)c3ccccc3-c3cc4c(cc32)c2ccccc2p4-c2ccccc2)CC=C1. The van der Waals surface area contributed by atoms with Crippen LogP contribution in [0.15, 0.2) is 157 Å². The molecule has 0 spiro atoms. The molecule has 1 heteroatoms. The van der Waals surface area contributed by atoms with Gasteiger partial charge in [-0.25, -0.2) is 0 Å². The molecule has 39 heavy (non-hydrogen) atoms. The molecule has 1 aromatic heterocycles. The maximum atomic E-state index is 2.56. The standard InChI is InChI=1S/C38H27P/c1-2-6-16-27(15-5-1)38(28-17-7-3-8-18-28)34-23-13-11-21-30(34)32-26-37-33(25-35(32)38)31-22-12-14-24-36(31)39(37)29-19-9-4-10-20-29/h1-15,17-26H,16H2. The van der Waals surface area contributed by atoms with Gasteiger partial charge in [-0.3, -0.25) is 0 Å². The topological polar surface area (TPSA) is 0 Å². The Bertz CT molecular complexity index is 1970. The monoisotopic (exact) mass is 514 g/mol. The average Bonchev–Trinajstić information content (AvgIpc) is 3.30. The van der Waals surface area contributed by atoms with Crippen LogP contribution in [0.4, 0.5) is 0 Å². The number of fused-ring (bicyclic) bond motifs is 6. The molecule has 8 rings (SSSR count). The molecule has 0 bridgehead atoms. The van der Waals surface area contributed by atoms with E-state index in [1.54, 1.807) is 0 Å². The normalized spacial score (nSPS) is 18.2. The summed E-state index contributed by atoms with van der Waals surface area (Å²) < 4.78 is 0. The molecular formula is C38H27P. The number of rotatable bonds is 3. The highest BCUT2D eigenvalue weighted by molar-refractivity contribution is 7.67. The Labute approximate surface area is 230 Å². The first-order chi connectivity index (χ1) is 19.4. The van der Waals surface area contributed by atoms with Gasteiger partial charge in [0.25, 0.3) is 0 Å². The van der Waals surface area contributed by atoms with Gasteiger partial charge in [-0.2, -0.15) is 0 Å². The molecule has 1 heterocycles. The number of benzene rings is 5. The zero-order valence-electron chi connectivity index (χ0n) is 21.6. The second kappa shape index (κ2) is 8.84. The van der Waals surface area contributed by atoms with Crippen LogP contribution in [0.5, 0.6) is 0 Å². The minimum absolute atomic E-state index is 0.339. The van der Waals surface area contributed by atoms with Gasteiger partial charge in [0.05, 0.1) is 5.41 Å². The zero-order valence-corrected chi connectivity index (χ0v) is 22.5. The second-order valence-electron chi connectivity index (χ2n) is 10.5. The van der Waals surface area contributed by atoms with Crippen molar-refractivity contribution in [2.75, 3.05) is 0 Å². The Kier molecular flexibility index (Phi) is 5.12. The van der Waals surface area contributed by atoms with Crippen molar-refractivity contribution in [1.82, 2.24) is 0 Å². The molecule has 2 aliphatic carbocycles. The van der Waals surface area contributed by atoms with Crippen LogP contribution in [0.25, 0.3) is 37.4 Å². The summed E-state index contributed by atoms with van der Waals surface area (Å²) in [5, 5.41) is 7.14. The van der Waals surface area contributed by atoms with Gasteiger partial charge < -0.3 is 0 Å². The van der Waals surface area contributed by atoms with E-state index in [4.69, 9.17) is 0 Å². The van der Waals surface area contributed by atoms with Gasteiger partial charge in [0.1, 0.15) is 0 Å². The molecule has 0 saturated carbocycles. The third kappa shape index (κ3) is 3.19. The molecule has 0 amide bonds. The predicted octanol–water partition coefficient (Wildman–Crippen LogP) is 10.7. The third-order valence-corrected chi connectivity index (χ3v) is 11.1. The van der Waals surface area contributed by atoms with E-state index in [9.17, 15) is 0 Å². The van der Waals surface area contributed by atoms with Crippen molar-refractivity contribution in [1.29, 1.82) is 0 Å². The van der Waals surface area contributed by atoms with Crippen molar-refractivity contribution in [2.24, 2.45) is 0 Å². The fourth-order valence-electron chi connectivity index (χ4n) is 6.98. The van der Waals surface area contributed by atoms with Gasteiger partial charge in [0.2, 0.25) is 0 Å². The Morgan fingerprint density at radius 2 is 1.28 bits per heavy atom. The van der Waals surface area contributed by atoms with E-state index in [1.807, 2.05) is 0 Å². The molecule has 2 atom stereocenters. The van der Waals surface area contributed by atoms with Crippen molar-refractivity contribution in [2.45, 2.75) is 11.8 Å². The molecule has 2 unspecified atom stereocenters. The molecule has 2 aliphatic rings. The van der Waals surface area contributed by atoms with E-state index >= 15 is 0 Å². The van der Waals surface area contributed by atoms with Gasteiger partial charge in [-0.15, -0.1) is 0 Å². The van der Waals surface area contributed by atoms with Gasteiger partial charge >= 0.3 is 0 Å². The lowest BCUT2D eigenvalue weighted by atomic mass is 9.66. The molecule has 0 saturated heterocycles. The van der Waals surface area contributed by atoms with E-state index in [2.05, 4.69) is 152 Å². The van der Waals surface area contributed by atoms with Crippen molar-refractivity contribution in [3.8, 4) is 16.4 Å². The third-order valence-electron chi connectivity index (χ3n) is 8.53. The van der Waals surface area contributed by atoms with Crippen molar-refractivity contribution >= 4 is 28.5 Å². The van der Waals surface area contributed by atoms with Crippen molar-refractivity contribution < 1.29 is 0 Å². The Balaban J connectivity index is 1.55. The lowest BCUT2D eigenvalue weighted by molar-refractivity contribution is 0.728. The van der Waals surface area contributed by atoms with Crippen LogP contribution in [0.2, 0.25) is 0 Å². The summed E-state index contributed by atoms with van der Waals surface area (Å²) in [6.45, 7) is 0. The highest BCUT2D eigenvalue weighted by atomic mass is 31.1. The maximum Gasteiger partial charge on any atom is 0.0679 e. The Hall–Kier alpha value is -4.38. The Morgan fingerprint density at radius 3 is 2.15 bits per heavy atom. The summed E-state index contributed by atoms with van der Waals surface area (Å²) in [6, 6.07) is 45.6. The van der Waals surface area contributed by atoms with E-state index in [0.29, 0.717) is 0 Å². The van der Waals surface area contributed by atoms with E-state index in [0.717, 1.165) is 6.42 Å². The second-order valence-corrected chi connectivity index (χ2v) is 12.6. The van der Waals surface area contributed by atoms with E-state index < -0.39 is 7.53 Å². The fourth-order valence-corrected chi connectivity index (χ4v) is 9.62. The molecule has 0 N–H and O–H groups in total. The van der Waals surface area contributed by atoms with Crippen molar-refractivity contribution in [3.05, 3.63) is 174 Å². The summed E-state index contributed by atoms with van der Waals surface area (Å²) in [7, 11) is -0.609. The molecule has 6 aromatic rings. The van der Waals surface area contributed by atoms with Crippen LogP contribution in [0.1, 0.15) is 23.1 Å². The van der Waals surface area contributed by atoms with Crippen LogP contribution in [0, 0.1) is 0 Å². The largest absolute Gasteiger partial charge is 0.0804 e. The van der Waals surface area contributed by atoms with Gasteiger partial charge in [-0.1, -0.05) is 147 Å². The minimum Gasteiger partial charge on any atom is -0.0804 e. The first-order valence-corrected chi connectivity index (χ1v) is 15.0. The average molecular weight is 515 g/mol. The molecule has 0 aliphatic heterocycles. The van der Waals surface area contributed by atoms with Gasteiger partial charge in [-0.05, 0) is 68.0 Å². The summed E-state index contributed by atoms with van der Waals surface area (Å²) in [6.07, 6.45) is 12.1. The van der Waals surface area contributed by atoms with Crippen LogP contribution in [0.3, 0.4) is 0 Å². The number of hydrogen-bond acceptors (Lipinski definition) is 0. The Morgan fingerprint density at radius 1 is 0.538 bits per heavy atom. The summed E-state index contributed by atoms with van der Waals surface area (Å²) in [4.78, 5) is 0. The van der Waals surface area contributed by atoms with Gasteiger partial charge in [0.15, 0.2) is 0 Å². The van der Waals surface area contributed by atoms with Crippen LogP contribution in [-0.4, -0.2) is 0 Å². The fraction of sp³-hybridized carbons (Fsp3) is 0.0526. The molecular weight excluding hydrogens is 487 g/mol. The van der Waals surface area contributed by atoms with Crippen LogP contribution >= 0.6 is 7.53 Å². The highest BCUT2D eigenvalue weighted by Gasteiger charge is 2.47. The smallest absolute Gasteiger partial charge is 0.0679 e. The maximum absolute atomic E-state index is 2.56. The quantitative estimate of drug-likeness (QED) is 0.220. The number of allylic oxidation sites excluding steroid dienone is 6. The first-order valence-electron chi connectivity index (χ1n) is 13.7. The van der Waals surface area contributed by atoms with Crippen LogP contribution in [-0.2, 0) is 5.41 Å². The minimum atomic E-state index is -0.609. The van der Waals surface area contributed by atoms with E-state index in [1.165, 1.54) is 59.7 Å². The highest BCUT2D eigenvalue weighted by Crippen LogP contribution is 2.62. The van der Waals surface area contributed by atoms with E-state index in [-0.39, 0.29) is 5.41 Å². The molecule has 0 nitrogen and oxygen atoms in total. The predicted molar refractivity (Wildman–Crippen MR) is 168 cm³/mol. The lowest BCUT2D eigenvalue weighted by Crippen LogP contribution is -2.29. The van der Waals surface area contributed by atoms with Crippen molar-refractivity contribution in [3.63, 3.8) is 0 Å². The summed E-state index contributed by atoms with van der Waals surface area (Å²) in [5.74, 6) is 0. The van der Waals surface area contributed by atoms with Crippen LogP contribution < -0.4 is 0 Å².